The molecule has 3 aromatic heterocycles. The van der Waals surface area contributed by atoms with Gasteiger partial charge in [0.05, 0.1) is 5.52 Å². The molecule has 4 aromatic rings. The number of pyridine rings is 1. The van der Waals surface area contributed by atoms with Gasteiger partial charge in [-0.1, -0.05) is 11.6 Å². The van der Waals surface area contributed by atoms with E-state index in [1.807, 2.05) is 37.3 Å². The minimum atomic E-state index is -0.505. The van der Waals surface area contributed by atoms with Crippen molar-refractivity contribution in [2.45, 2.75) is 6.92 Å². The molecule has 1 aliphatic rings. The molecule has 1 aliphatic heterocycles. The molecule has 0 saturated carbocycles. The van der Waals surface area contributed by atoms with Crippen LogP contribution in [0.4, 0.5) is 10.6 Å². The maximum absolute atomic E-state index is 12.6. The van der Waals surface area contributed by atoms with Gasteiger partial charge in [0.2, 0.25) is 6.41 Å². The van der Waals surface area contributed by atoms with Crippen LogP contribution in [0.2, 0.25) is 5.02 Å². The molecule has 1 aromatic carbocycles. The highest BCUT2D eigenvalue weighted by Gasteiger charge is 2.25. The van der Waals surface area contributed by atoms with E-state index in [9.17, 15) is 9.59 Å². The second kappa shape index (κ2) is 9.11. The van der Waals surface area contributed by atoms with Crippen molar-refractivity contribution in [2.75, 3.05) is 31.1 Å². The van der Waals surface area contributed by atoms with Gasteiger partial charge in [-0.3, -0.25) is 14.3 Å². The van der Waals surface area contributed by atoms with Gasteiger partial charge in [0, 0.05) is 66.4 Å². The Morgan fingerprint density at radius 2 is 1.76 bits per heavy atom. The quantitative estimate of drug-likeness (QED) is 0.413. The van der Waals surface area contributed by atoms with Crippen molar-refractivity contribution in [3.05, 3.63) is 65.7 Å². The summed E-state index contributed by atoms with van der Waals surface area (Å²) >= 11 is 6.09. The molecule has 0 spiro atoms. The van der Waals surface area contributed by atoms with Gasteiger partial charge in [-0.25, -0.2) is 14.8 Å². The zero-order valence-corrected chi connectivity index (χ0v) is 19.1. The van der Waals surface area contributed by atoms with Crippen LogP contribution in [0.25, 0.3) is 22.0 Å². The lowest BCUT2D eigenvalue weighted by Crippen LogP contribution is -2.50. The number of ether oxygens (including phenoxy) is 1. The number of amides is 1. The Labute approximate surface area is 200 Å². The molecule has 172 valence electrons. The summed E-state index contributed by atoms with van der Waals surface area (Å²) in [4.78, 5) is 40.6. The molecule has 0 aliphatic carbocycles. The van der Waals surface area contributed by atoms with Crippen molar-refractivity contribution in [1.82, 2.24) is 24.4 Å². The average Bonchev–Trinajstić information content (AvgIpc) is 3.22. The molecule has 1 fully saturated rings. The fourth-order valence-electron chi connectivity index (χ4n) is 4.05. The molecular weight excluding hydrogens is 456 g/mol. The number of hydrogen-bond acceptors (Lipinski definition) is 7. The third-order valence-electron chi connectivity index (χ3n) is 5.78. The smallest absolute Gasteiger partial charge is 0.374 e. The van der Waals surface area contributed by atoms with E-state index in [1.165, 1.54) is 0 Å². The standard InChI is InChI=1S/C24H21ClN6O3/c1-16-10-17(4-5-26-16)19-13-27-23(28-14-19)34-24(33)30-8-6-29(7-9-30)22-12-18-11-20(25)2-3-21(18)31(22)15-32/h2-5,10-15H,6-9H2,1H3. The highest BCUT2D eigenvalue weighted by atomic mass is 35.5. The summed E-state index contributed by atoms with van der Waals surface area (Å²) in [6.45, 7) is 3.89. The highest BCUT2D eigenvalue weighted by molar-refractivity contribution is 6.31. The molecular formula is C24H21ClN6O3. The van der Waals surface area contributed by atoms with Gasteiger partial charge in [0.1, 0.15) is 5.82 Å². The zero-order chi connectivity index (χ0) is 23.7. The van der Waals surface area contributed by atoms with Crippen molar-refractivity contribution in [3.8, 4) is 17.1 Å². The van der Waals surface area contributed by atoms with E-state index < -0.39 is 6.09 Å². The Balaban J connectivity index is 1.23. The number of benzene rings is 1. The number of piperazine rings is 1. The molecule has 10 heteroatoms. The summed E-state index contributed by atoms with van der Waals surface area (Å²) in [5.41, 5.74) is 3.44. The first kappa shape index (κ1) is 21.8. The van der Waals surface area contributed by atoms with Gasteiger partial charge in [-0.2, -0.15) is 0 Å². The lowest BCUT2D eigenvalue weighted by molar-refractivity contribution is 0.145. The maximum Gasteiger partial charge on any atom is 0.417 e. The Hall–Kier alpha value is -3.98. The summed E-state index contributed by atoms with van der Waals surface area (Å²) in [6, 6.07) is 11.1. The van der Waals surface area contributed by atoms with Crippen molar-refractivity contribution in [1.29, 1.82) is 0 Å². The second-order valence-corrected chi connectivity index (χ2v) is 8.40. The summed E-state index contributed by atoms with van der Waals surface area (Å²) < 4.78 is 6.97. The highest BCUT2D eigenvalue weighted by Crippen LogP contribution is 2.28. The van der Waals surface area contributed by atoms with Gasteiger partial charge < -0.3 is 14.5 Å². The largest absolute Gasteiger partial charge is 0.417 e. The van der Waals surface area contributed by atoms with E-state index in [0.717, 1.165) is 40.0 Å². The molecule has 0 N–H and O–H groups in total. The average molecular weight is 477 g/mol. The molecule has 0 unspecified atom stereocenters. The van der Waals surface area contributed by atoms with E-state index >= 15 is 0 Å². The summed E-state index contributed by atoms with van der Waals surface area (Å²) in [7, 11) is 0. The number of fused-ring (bicyclic) bond motifs is 1. The third-order valence-corrected chi connectivity index (χ3v) is 6.02. The first-order chi connectivity index (χ1) is 16.5. The van der Waals surface area contributed by atoms with Gasteiger partial charge in [0.15, 0.2) is 0 Å². The van der Waals surface area contributed by atoms with E-state index in [4.69, 9.17) is 16.3 Å². The monoisotopic (exact) mass is 476 g/mol. The fraction of sp³-hybridized carbons (Fsp3) is 0.208. The minimum Gasteiger partial charge on any atom is -0.374 e. The fourth-order valence-corrected chi connectivity index (χ4v) is 4.23. The van der Waals surface area contributed by atoms with Crippen LogP contribution in [-0.4, -0.2) is 63.1 Å². The predicted octanol–water partition coefficient (Wildman–Crippen LogP) is 3.81. The van der Waals surface area contributed by atoms with Crippen LogP contribution in [0, 0.1) is 6.92 Å². The van der Waals surface area contributed by atoms with Crippen LogP contribution in [0.3, 0.4) is 0 Å². The number of rotatable bonds is 4. The van der Waals surface area contributed by atoms with Gasteiger partial charge in [-0.15, -0.1) is 0 Å². The van der Waals surface area contributed by atoms with Gasteiger partial charge in [0.25, 0.3) is 0 Å². The Kier molecular flexibility index (Phi) is 5.85. The van der Waals surface area contributed by atoms with Crippen molar-refractivity contribution in [3.63, 3.8) is 0 Å². The predicted molar refractivity (Wildman–Crippen MR) is 129 cm³/mol. The van der Waals surface area contributed by atoms with E-state index in [0.29, 0.717) is 31.2 Å². The Bertz CT molecular complexity index is 1360. The molecule has 4 heterocycles. The number of hydrogen-bond donors (Lipinski definition) is 0. The van der Waals surface area contributed by atoms with Crippen LogP contribution >= 0.6 is 11.6 Å². The summed E-state index contributed by atoms with van der Waals surface area (Å²) in [5, 5.41) is 1.50. The van der Waals surface area contributed by atoms with E-state index in [2.05, 4.69) is 19.9 Å². The molecule has 0 radical (unpaired) electrons. The molecule has 5 rings (SSSR count). The Morgan fingerprint density at radius 1 is 1.00 bits per heavy atom. The minimum absolute atomic E-state index is 0.0000767. The van der Waals surface area contributed by atoms with Crippen LogP contribution in [-0.2, 0) is 4.79 Å². The van der Waals surface area contributed by atoms with Crippen molar-refractivity contribution < 1.29 is 14.3 Å². The SMILES string of the molecule is Cc1cc(-c2cnc(OC(=O)N3CCN(c4cc5cc(Cl)ccc5n4C=O)CC3)nc2)ccn1. The number of halogens is 1. The lowest BCUT2D eigenvalue weighted by Gasteiger charge is -2.35. The molecule has 1 saturated heterocycles. The topological polar surface area (TPSA) is 93.5 Å². The zero-order valence-electron chi connectivity index (χ0n) is 18.4. The first-order valence-electron chi connectivity index (χ1n) is 10.7. The molecule has 0 bridgehead atoms. The number of aryl methyl sites for hydroxylation is 1. The lowest BCUT2D eigenvalue weighted by atomic mass is 10.1. The van der Waals surface area contributed by atoms with E-state index in [-0.39, 0.29) is 6.01 Å². The van der Waals surface area contributed by atoms with Crippen molar-refractivity contribution in [2.24, 2.45) is 0 Å². The molecule has 34 heavy (non-hydrogen) atoms. The Morgan fingerprint density at radius 3 is 2.47 bits per heavy atom. The summed E-state index contributed by atoms with van der Waals surface area (Å²) in [6.07, 6.45) is 5.25. The number of nitrogens with zero attached hydrogens (tertiary/aromatic N) is 6. The third kappa shape index (κ3) is 4.29. The number of anilines is 1. The molecule has 1 amide bonds. The second-order valence-electron chi connectivity index (χ2n) is 7.96. The molecule has 0 atom stereocenters. The van der Waals surface area contributed by atoms with Crippen LogP contribution in [0.5, 0.6) is 6.01 Å². The maximum atomic E-state index is 12.6. The normalized spacial score (nSPS) is 13.8. The number of carbonyl (C=O) groups is 2. The van der Waals surface area contributed by atoms with Gasteiger partial charge in [-0.05, 0) is 48.9 Å². The summed E-state index contributed by atoms with van der Waals surface area (Å²) in [5.74, 6) is 0.769. The van der Waals surface area contributed by atoms with Crippen LogP contribution in [0.15, 0.2) is 55.0 Å². The molecule has 9 nitrogen and oxygen atoms in total. The van der Waals surface area contributed by atoms with Gasteiger partial charge >= 0.3 is 12.1 Å². The number of carbonyl (C=O) groups excluding carboxylic acids is 2. The van der Waals surface area contributed by atoms with E-state index in [1.54, 1.807) is 34.1 Å². The van der Waals surface area contributed by atoms with Crippen LogP contribution in [0.1, 0.15) is 5.69 Å². The number of aromatic nitrogens is 4. The van der Waals surface area contributed by atoms with Crippen LogP contribution < -0.4 is 9.64 Å². The van der Waals surface area contributed by atoms with Crippen molar-refractivity contribution >= 4 is 40.8 Å². The first-order valence-corrected chi connectivity index (χ1v) is 11.1.